The van der Waals surface area contributed by atoms with Crippen molar-refractivity contribution in [3.63, 3.8) is 0 Å². The maximum Gasteiger partial charge on any atom is 0.241 e. The highest BCUT2D eigenvalue weighted by Gasteiger charge is 2.24. The van der Waals surface area contributed by atoms with Crippen molar-refractivity contribution in [2.75, 3.05) is 5.32 Å². The van der Waals surface area contributed by atoms with E-state index in [4.69, 9.17) is 0 Å². The van der Waals surface area contributed by atoms with Gasteiger partial charge in [0.15, 0.2) is 0 Å². The Balaban J connectivity index is 1.79. The number of aromatic nitrogens is 2. The Kier molecular flexibility index (Phi) is 7.12. The van der Waals surface area contributed by atoms with Gasteiger partial charge in [-0.15, -0.1) is 10.2 Å². The summed E-state index contributed by atoms with van der Waals surface area (Å²) in [5, 5.41) is 11.8. The third kappa shape index (κ3) is 5.92. The molecular formula is C19H19BrN4O3S2. The smallest absolute Gasteiger partial charge is 0.241 e. The Labute approximate surface area is 181 Å². The van der Waals surface area contributed by atoms with Gasteiger partial charge in [-0.1, -0.05) is 64.5 Å². The van der Waals surface area contributed by atoms with Crippen LogP contribution in [0.25, 0.3) is 0 Å². The highest BCUT2D eigenvalue weighted by molar-refractivity contribution is 9.10. The van der Waals surface area contributed by atoms with Crippen LogP contribution in [0.1, 0.15) is 30.0 Å². The molecule has 0 aliphatic carbocycles. The Morgan fingerprint density at radius 3 is 2.41 bits per heavy atom. The van der Waals surface area contributed by atoms with Crippen LogP contribution in [-0.4, -0.2) is 24.5 Å². The molecule has 0 spiro atoms. The molecule has 1 amide bonds. The average Bonchev–Trinajstić information content (AvgIpc) is 3.16. The SMILES string of the molecule is CCc1nnc(NC(=O)CC(NS(=O)(=O)c2ccc(Br)cc2)c2ccccc2)s1. The first kappa shape index (κ1) is 21.6. The zero-order chi connectivity index (χ0) is 20.9. The molecule has 2 N–H and O–H groups in total. The van der Waals surface area contributed by atoms with Crippen LogP contribution in [0.4, 0.5) is 5.13 Å². The molecule has 0 aliphatic rings. The van der Waals surface area contributed by atoms with Crippen LogP contribution in [0, 0.1) is 0 Å². The minimum atomic E-state index is -3.82. The van der Waals surface area contributed by atoms with Crippen molar-refractivity contribution in [3.05, 3.63) is 69.6 Å². The lowest BCUT2D eigenvalue weighted by molar-refractivity contribution is -0.116. The molecule has 0 bridgehead atoms. The van der Waals surface area contributed by atoms with E-state index in [0.717, 1.165) is 15.9 Å². The number of nitrogens with zero attached hydrogens (tertiary/aromatic N) is 2. The number of carbonyl (C=O) groups is 1. The molecule has 1 heterocycles. The summed E-state index contributed by atoms with van der Waals surface area (Å²) < 4.78 is 29.1. The first-order chi connectivity index (χ1) is 13.9. The van der Waals surface area contributed by atoms with Crippen LogP contribution in [0.5, 0.6) is 0 Å². The van der Waals surface area contributed by atoms with E-state index in [9.17, 15) is 13.2 Å². The monoisotopic (exact) mass is 494 g/mol. The maximum absolute atomic E-state index is 12.8. The van der Waals surface area contributed by atoms with Gasteiger partial charge in [-0.3, -0.25) is 4.79 Å². The van der Waals surface area contributed by atoms with Gasteiger partial charge in [0.1, 0.15) is 5.01 Å². The second-order valence-electron chi connectivity index (χ2n) is 6.15. The normalized spacial score (nSPS) is 12.5. The maximum atomic E-state index is 12.8. The van der Waals surface area contributed by atoms with Crippen molar-refractivity contribution in [2.45, 2.75) is 30.7 Å². The van der Waals surface area contributed by atoms with Crippen LogP contribution in [0.15, 0.2) is 64.0 Å². The lowest BCUT2D eigenvalue weighted by atomic mass is 10.0. The quantitative estimate of drug-likeness (QED) is 0.494. The summed E-state index contributed by atoms with van der Waals surface area (Å²) in [7, 11) is -3.82. The van der Waals surface area contributed by atoms with Gasteiger partial charge in [0.25, 0.3) is 0 Å². The first-order valence-corrected chi connectivity index (χ1v) is 11.9. The second-order valence-corrected chi connectivity index (χ2v) is 9.84. The standard InChI is InChI=1S/C19H19BrN4O3S2/c1-2-18-22-23-19(28-18)21-17(25)12-16(13-6-4-3-5-7-13)24-29(26,27)15-10-8-14(20)9-11-15/h3-11,16,24H,2,12H2,1H3,(H,21,23,25). The average molecular weight is 495 g/mol. The number of hydrogen-bond acceptors (Lipinski definition) is 6. The summed E-state index contributed by atoms with van der Waals surface area (Å²) in [4.78, 5) is 12.7. The Bertz CT molecular complexity index is 1070. The number of amides is 1. The number of rotatable bonds is 8. The number of sulfonamides is 1. The van der Waals surface area contributed by atoms with E-state index in [0.29, 0.717) is 10.7 Å². The van der Waals surface area contributed by atoms with Gasteiger partial charge in [-0.05, 0) is 36.2 Å². The number of aryl methyl sites for hydroxylation is 1. The number of hydrogen-bond donors (Lipinski definition) is 2. The Morgan fingerprint density at radius 2 is 1.79 bits per heavy atom. The van der Waals surface area contributed by atoms with Crippen LogP contribution < -0.4 is 10.0 Å². The molecule has 1 aromatic heterocycles. The van der Waals surface area contributed by atoms with E-state index in [1.54, 1.807) is 36.4 Å². The molecule has 0 saturated heterocycles. The lowest BCUT2D eigenvalue weighted by Crippen LogP contribution is -2.31. The van der Waals surface area contributed by atoms with Crippen molar-refractivity contribution in [1.82, 2.24) is 14.9 Å². The molecule has 0 saturated carbocycles. The van der Waals surface area contributed by atoms with Crippen molar-refractivity contribution in [1.29, 1.82) is 0 Å². The fraction of sp³-hybridized carbons (Fsp3) is 0.211. The summed E-state index contributed by atoms with van der Waals surface area (Å²) in [6.45, 7) is 1.95. The van der Waals surface area contributed by atoms with Gasteiger partial charge in [0.2, 0.25) is 21.1 Å². The predicted molar refractivity (Wildman–Crippen MR) is 116 cm³/mol. The summed E-state index contributed by atoms with van der Waals surface area (Å²) in [6, 6.07) is 14.6. The van der Waals surface area contributed by atoms with E-state index in [2.05, 4.69) is 36.2 Å². The van der Waals surface area contributed by atoms with Gasteiger partial charge in [0, 0.05) is 10.9 Å². The van der Waals surface area contributed by atoms with E-state index < -0.39 is 16.1 Å². The number of benzene rings is 2. The number of carbonyl (C=O) groups excluding carboxylic acids is 1. The van der Waals surface area contributed by atoms with Crippen LogP contribution in [0.2, 0.25) is 0 Å². The molecule has 152 valence electrons. The molecule has 1 atom stereocenters. The highest BCUT2D eigenvalue weighted by Crippen LogP contribution is 2.23. The molecule has 1 unspecified atom stereocenters. The summed E-state index contributed by atoms with van der Waals surface area (Å²) in [6.07, 6.45) is 0.647. The molecule has 2 aromatic carbocycles. The Morgan fingerprint density at radius 1 is 1.10 bits per heavy atom. The van der Waals surface area contributed by atoms with Crippen LogP contribution in [-0.2, 0) is 21.2 Å². The summed E-state index contributed by atoms with van der Waals surface area (Å²) in [5.74, 6) is -0.351. The molecule has 3 aromatic rings. The fourth-order valence-electron chi connectivity index (χ4n) is 2.58. The van der Waals surface area contributed by atoms with Gasteiger partial charge in [-0.2, -0.15) is 0 Å². The minimum absolute atomic E-state index is 0.0825. The molecule has 0 aliphatic heterocycles. The van der Waals surface area contributed by atoms with Crippen molar-refractivity contribution in [3.8, 4) is 0 Å². The fourth-order valence-corrected chi connectivity index (χ4v) is 4.77. The third-order valence-corrected chi connectivity index (χ3v) is 7.03. The highest BCUT2D eigenvalue weighted by atomic mass is 79.9. The van der Waals surface area contributed by atoms with Crippen LogP contribution in [0.3, 0.4) is 0 Å². The van der Waals surface area contributed by atoms with E-state index in [-0.39, 0.29) is 17.2 Å². The number of nitrogens with one attached hydrogen (secondary N) is 2. The third-order valence-electron chi connectivity index (χ3n) is 4.03. The zero-order valence-electron chi connectivity index (χ0n) is 15.5. The molecule has 3 rings (SSSR count). The van der Waals surface area contributed by atoms with Gasteiger partial charge < -0.3 is 5.32 Å². The topological polar surface area (TPSA) is 101 Å². The van der Waals surface area contributed by atoms with Crippen LogP contribution >= 0.6 is 27.3 Å². The van der Waals surface area contributed by atoms with Gasteiger partial charge >= 0.3 is 0 Å². The van der Waals surface area contributed by atoms with Crippen molar-refractivity contribution < 1.29 is 13.2 Å². The van der Waals surface area contributed by atoms with Crippen molar-refractivity contribution >= 4 is 48.3 Å². The first-order valence-electron chi connectivity index (χ1n) is 8.82. The molecular weight excluding hydrogens is 476 g/mol. The lowest BCUT2D eigenvalue weighted by Gasteiger charge is -2.19. The predicted octanol–water partition coefficient (Wildman–Crippen LogP) is 3.91. The molecule has 10 heteroatoms. The molecule has 7 nitrogen and oxygen atoms in total. The number of halogens is 1. The van der Waals surface area contributed by atoms with E-state index in [1.807, 2.05) is 13.0 Å². The summed E-state index contributed by atoms with van der Waals surface area (Å²) in [5.41, 5.74) is 0.690. The minimum Gasteiger partial charge on any atom is -0.300 e. The van der Waals surface area contributed by atoms with E-state index in [1.165, 1.54) is 23.5 Å². The van der Waals surface area contributed by atoms with Gasteiger partial charge in [0.05, 0.1) is 10.9 Å². The summed E-state index contributed by atoms with van der Waals surface area (Å²) >= 11 is 4.59. The number of anilines is 1. The zero-order valence-corrected chi connectivity index (χ0v) is 18.7. The second kappa shape index (κ2) is 9.57. The van der Waals surface area contributed by atoms with Crippen molar-refractivity contribution in [2.24, 2.45) is 0 Å². The Hall–Kier alpha value is -2.14. The van der Waals surface area contributed by atoms with E-state index >= 15 is 0 Å². The van der Waals surface area contributed by atoms with Gasteiger partial charge in [-0.25, -0.2) is 13.1 Å². The molecule has 0 fully saturated rings. The molecule has 29 heavy (non-hydrogen) atoms. The largest absolute Gasteiger partial charge is 0.300 e. The molecule has 0 radical (unpaired) electrons.